The van der Waals surface area contributed by atoms with E-state index < -0.39 is 35.2 Å². The molecule has 8 rings (SSSR count). The summed E-state index contributed by atoms with van der Waals surface area (Å²) < 4.78 is 59.5. The van der Waals surface area contributed by atoms with Crippen molar-refractivity contribution in [1.82, 2.24) is 21.4 Å². The average Bonchev–Trinajstić information content (AvgIpc) is 1.54. The first-order chi connectivity index (χ1) is 42.5. The number of ether oxygens (including phenoxy) is 10. The number of carbonyl (C=O) groups excluding carboxylic acids is 6. The van der Waals surface area contributed by atoms with Gasteiger partial charge >= 0.3 is 11.9 Å². The van der Waals surface area contributed by atoms with Crippen LogP contribution in [0.25, 0.3) is 0 Å². The lowest BCUT2D eigenvalue weighted by molar-refractivity contribution is -0.173. The van der Waals surface area contributed by atoms with Crippen molar-refractivity contribution in [2.75, 3.05) is 73.5 Å². The van der Waals surface area contributed by atoms with Crippen LogP contribution in [0.4, 0.5) is 0 Å². The minimum absolute atomic E-state index is 0. The normalized spacial score (nSPS) is 32.1. The monoisotopic (exact) mass is 1250 g/mol. The number of hydrazine groups is 1. The van der Waals surface area contributed by atoms with E-state index in [1.807, 2.05) is 32.0 Å². The predicted octanol–water partition coefficient (Wildman–Crippen LogP) is 5.63. The highest BCUT2D eigenvalue weighted by Crippen LogP contribution is 2.61. The van der Waals surface area contributed by atoms with Crippen molar-refractivity contribution in [1.29, 1.82) is 0 Å². The lowest BCUT2D eigenvalue weighted by Gasteiger charge is -2.42. The quantitative estimate of drug-likeness (QED) is 0.00912. The summed E-state index contributed by atoms with van der Waals surface area (Å²) in [5.74, 6) is 3.41. The van der Waals surface area contributed by atoms with Crippen molar-refractivity contribution in [3.05, 3.63) is 59.2 Å². The van der Waals surface area contributed by atoms with Gasteiger partial charge in [0.1, 0.15) is 46.8 Å². The van der Waals surface area contributed by atoms with Gasteiger partial charge in [-0.25, -0.2) is 5.43 Å². The summed E-state index contributed by atoms with van der Waals surface area (Å²) in [6.07, 6.45) is 14.2. The van der Waals surface area contributed by atoms with Crippen molar-refractivity contribution in [3.8, 4) is 0 Å². The molecule has 89 heavy (non-hydrogen) atoms. The molecule has 4 saturated heterocycles. The van der Waals surface area contributed by atoms with E-state index in [4.69, 9.17) is 58.9 Å². The van der Waals surface area contributed by atoms with Crippen molar-refractivity contribution < 1.29 is 77.6 Å². The van der Waals surface area contributed by atoms with Gasteiger partial charge in [-0.2, -0.15) is 0 Å². The fourth-order valence-corrected chi connectivity index (χ4v) is 13.8. The lowest BCUT2D eigenvalue weighted by atomic mass is 9.68. The summed E-state index contributed by atoms with van der Waals surface area (Å²) in [6, 6.07) is 7.53. The van der Waals surface area contributed by atoms with Gasteiger partial charge in [0.25, 0.3) is 0 Å². The van der Waals surface area contributed by atoms with E-state index in [-0.39, 0.29) is 130 Å². The Labute approximate surface area is 529 Å². The second kappa shape index (κ2) is 33.3. The molecule has 4 aliphatic heterocycles. The zero-order chi connectivity index (χ0) is 64.5. The number of nitrogens with one attached hydrogen (secondary N) is 4. The molecule has 2 spiro atoms. The Morgan fingerprint density at radius 2 is 1.26 bits per heavy atom. The molecular formula is C67H108N6O16. The van der Waals surface area contributed by atoms with Crippen molar-refractivity contribution in [2.45, 2.75) is 229 Å². The summed E-state index contributed by atoms with van der Waals surface area (Å²) in [5, 5.41) is 8.07. The molecule has 22 nitrogen and oxygen atoms in total. The summed E-state index contributed by atoms with van der Waals surface area (Å²) in [6.45, 7) is 18.9. The fraction of sp³-hybridized carbons (Fsp3) is 0.761. The molecule has 1 aromatic rings. The Morgan fingerprint density at radius 1 is 0.719 bits per heavy atom. The number of epoxide rings is 4. The van der Waals surface area contributed by atoms with E-state index in [1.54, 1.807) is 26.4 Å². The van der Waals surface area contributed by atoms with Crippen LogP contribution in [0.5, 0.6) is 0 Å². The molecule has 22 heteroatoms. The number of ketones is 2. The van der Waals surface area contributed by atoms with Gasteiger partial charge < -0.3 is 69.1 Å². The number of benzene rings is 1. The maximum absolute atomic E-state index is 13.2. The molecule has 0 bridgehead atoms. The zero-order valence-corrected chi connectivity index (χ0v) is 54.7. The van der Waals surface area contributed by atoms with E-state index >= 15 is 0 Å². The van der Waals surface area contributed by atoms with Crippen LogP contribution < -0.4 is 33.0 Å². The molecule has 7 aliphatic rings. The van der Waals surface area contributed by atoms with Gasteiger partial charge in [-0.1, -0.05) is 67.5 Å². The Hall–Kier alpha value is -4.56. The molecule has 4 heterocycles. The highest BCUT2D eigenvalue weighted by molar-refractivity contribution is 6.40. The third-order valence-corrected chi connectivity index (χ3v) is 19.0. The number of nitrogens with two attached hydrogens (primary N) is 2. The van der Waals surface area contributed by atoms with Crippen LogP contribution >= 0.6 is 0 Å². The van der Waals surface area contributed by atoms with Gasteiger partial charge in [0.2, 0.25) is 23.4 Å². The number of hydrogen-bond donors (Lipinski definition) is 6. The molecule has 3 aliphatic carbocycles. The number of esters is 2. The fourth-order valence-electron chi connectivity index (χ4n) is 13.8. The Kier molecular flexibility index (Phi) is 26.9. The first-order valence-electron chi connectivity index (χ1n) is 32.6. The second-order valence-electron chi connectivity index (χ2n) is 27.0. The van der Waals surface area contributed by atoms with Gasteiger partial charge in [-0.3, -0.25) is 34.6 Å². The molecule has 2 amide bonds. The van der Waals surface area contributed by atoms with E-state index in [0.29, 0.717) is 64.1 Å². The van der Waals surface area contributed by atoms with E-state index in [2.05, 4.69) is 75.1 Å². The van der Waals surface area contributed by atoms with Gasteiger partial charge in [-0.15, -0.1) is 0 Å². The van der Waals surface area contributed by atoms with E-state index in [0.717, 1.165) is 70.0 Å². The summed E-state index contributed by atoms with van der Waals surface area (Å²) in [5.41, 5.74) is 10.6. The largest absolute Gasteiger partial charge is 0.460 e. The first kappa shape index (κ1) is 71.9. The number of allylic oxidation sites excluding steroid dienone is 2. The Morgan fingerprint density at radius 3 is 1.76 bits per heavy atom. The topological polar surface area (TPSA) is 308 Å². The molecule has 3 saturated carbocycles. The highest BCUT2D eigenvalue weighted by atomic mass is 16.6. The Bertz CT molecular complexity index is 2550. The highest BCUT2D eigenvalue weighted by Gasteiger charge is 2.73. The van der Waals surface area contributed by atoms with Crippen LogP contribution in [-0.2, 0) is 82.6 Å². The van der Waals surface area contributed by atoms with Crippen LogP contribution in [0.1, 0.15) is 152 Å². The third-order valence-electron chi connectivity index (χ3n) is 19.0. The summed E-state index contributed by atoms with van der Waals surface area (Å²) in [4.78, 5) is 76.7. The maximum atomic E-state index is 13.2. The van der Waals surface area contributed by atoms with Gasteiger partial charge in [-0.05, 0) is 136 Å². The van der Waals surface area contributed by atoms with E-state index in [1.165, 1.54) is 11.1 Å². The maximum Gasteiger partial charge on any atom is 0.306 e. The van der Waals surface area contributed by atoms with E-state index in [9.17, 15) is 28.8 Å². The van der Waals surface area contributed by atoms with Gasteiger partial charge in [0.05, 0.1) is 82.3 Å². The molecule has 7 fully saturated rings. The number of hydrogen-bond acceptors (Lipinski definition) is 20. The van der Waals surface area contributed by atoms with Crippen LogP contribution in [0.15, 0.2) is 53.6 Å². The van der Waals surface area contributed by atoms with Crippen LogP contribution in [-0.4, -0.2) is 186 Å². The second-order valence-corrected chi connectivity index (χ2v) is 27.0. The van der Waals surface area contributed by atoms with Gasteiger partial charge in [0.15, 0.2) is 0 Å². The van der Waals surface area contributed by atoms with Crippen LogP contribution in [0.2, 0.25) is 0 Å². The standard InChI is InChI=1S/C43H67N5O11.C24H39NO5.H2/c1-28(2)14-15-35-42(5,59-35)40-39(54-6)34(16-17-43(40)27-57-43)58-37(51)13-10-19-55-21-22-56-20-18-46-36(50)26-45-25-33(49)38(52)31(24-30-11-8-7-9-12-30)47-41(53)32(48-44)23-29(3)4;1-15(2)5-10-19-23(3,30-19)22-21(27-4)18(11-12-24(22)14-28-24)29-20(26)13-16-6-8-17(25)9-7-16;/h7-9,11-12,14,29,31-32,34-35,39-40,45,48H,10,13,15-27,44H2,1-6H3,(H,46,50)(H,47,53);5,16-19,21-22H,6-14,25H2,1-4H3;1H/t31-,32-,34?,35+,39?,40?,42+,43-;16?,17?,18?,19-,21?,22?,23-,24+;/m01./s1. The number of carbonyl (C=O) groups is 6. The summed E-state index contributed by atoms with van der Waals surface area (Å²) in [7, 11) is 3.38. The SMILES string of the molecule is COC1C(OC(=O)CC2CCC(N)CC2)CC[C@]2(CO2)C1[C@]1(C)O[C@@H]1CC=C(C)C.COC1C(OC(=O)CCCOCCOCCNC(=O)CNCC(=O)C(=O)[C@H](Cc2ccccc2)NC(=O)[C@H](CC(C)C)NN)CC[C@]2(CO2)C1[C@]1(C)O[C@@H]1CC=C(C)C.[HH]. The third kappa shape index (κ3) is 20.5. The molecule has 502 valence electrons. The van der Waals surface area contributed by atoms with Crippen LogP contribution in [0, 0.1) is 23.7 Å². The molecule has 0 radical (unpaired) electrons. The van der Waals surface area contributed by atoms with Crippen molar-refractivity contribution in [2.24, 2.45) is 35.2 Å². The Balaban J connectivity index is 0.000000346. The molecule has 6 unspecified atom stereocenters. The lowest BCUT2D eigenvalue weighted by Crippen LogP contribution is -2.55. The zero-order valence-electron chi connectivity index (χ0n) is 54.7. The van der Waals surface area contributed by atoms with Gasteiger partial charge in [0, 0.05) is 54.1 Å². The number of rotatable bonds is 35. The summed E-state index contributed by atoms with van der Waals surface area (Å²) >= 11 is 0. The molecule has 14 atom stereocenters. The number of Topliss-reactive ketones (excluding diaryl/α,β-unsaturated/α-hetero) is 2. The number of amides is 2. The molecule has 0 aromatic heterocycles. The smallest absolute Gasteiger partial charge is 0.306 e. The van der Waals surface area contributed by atoms with Crippen LogP contribution in [0.3, 0.4) is 0 Å². The minimum atomic E-state index is -1.10. The minimum Gasteiger partial charge on any atom is -0.460 e. The van der Waals surface area contributed by atoms with Crippen molar-refractivity contribution in [3.63, 3.8) is 0 Å². The average molecular weight is 1250 g/mol. The first-order valence-corrected chi connectivity index (χ1v) is 32.6. The van der Waals surface area contributed by atoms with Crippen molar-refractivity contribution >= 4 is 35.3 Å². The molecule has 1 aromatic carbocycles. The molecular weight excluding hydrogens is 1140 g/mol. The molecule has 8 N–H and O–H groups in total. The number of methoxy groups -OCH3 is 2. The predicted molar refractivity (Wildman–Crippen MR) is 335 cm³/mol.